The number of carbonyl (C=O) groups is 1. The molecule has 2 aliphatic rings. The molecule has 0 aromatic heterocycles. The summed E-state index contributed by atoms with van der Waals surface area (Å²) >= 11 is 0. The summed E-state index contributed by atoms with van der Waals surface area (Å²) in [6.45, 7) is 3.08. The van der Waals surface area contributed by atoms with Gasteiger partial charge in [-0.05, 0) is 29.7 Å². The lowest BCUT2D eigenvalue weighted by Crippen LogP contribution is -2.44. The lowest BCUT2D eigenvalue weighted by atomic mass is 9.99. The number of fused-ring (bicyclic) bond motifs is 2. The molecule has 0 spiro atoms. The summed E-state index contributed by atoms with van der Waals surface area (Å²) in [7, 11) is 1.69. The summed E-state index contributed by atoms with van der Waals surface area (Å²) in [6.07, 6.45) is 0.923. The zero-order valence-corrected chi connectivity index (χ0v) is 15.6. The van der Waals surface area contributed by atoms with Crippen molar-refractivity contribution >= 4 is 5.91 Å². The maximum atomic E-state index is 12.7. The van der Waals surface area contributed by atoms with E-state index >= 15 is 0 Å². The van der Waals surface area contributed by atoms with Crippen LogP contribution in [0.3, 0.4) is 0 Å². The second-order valence-corrected chi connectivity index (χ2v) is 7.39. The van der Waals surface area contributed by atoms with Crippen LogP contribution in [0.25, 0.3) is 0 Å². The Labute approximate surface area is 160 Å². The third-order valence-corrected chi connectivity index (χ3v) is 5.42. The number of carbonyl (C=O) groups excluding carboxylic acids is 1. The van der Waals surface area contributed by atoms with Crippen LogP contribution in [0.4, 0.5) is 0 Å². The van der Waals surface area contributed by atoms with Gasteiger partial charge in [-0.3, -0.25) is 9.69 Å². The first-order chi connectivity index (χ1) is 13.2. The Morgan fingerprint density at radius 2 is 1.96 bits per heavy atom. The van der Waals surface area contributed by atoms with Crippen molar-refractivity contribution in [1.82, 2.24) is 10.2 Å². The van der Waals surface area contributed by atoms with Gasteiger partial charge in [-0.2, -0.15) is 0 Å². The van der Waals surface area contributed by atoms with E-state index in [4.69, 9.17) is 9.47 Å². The molecule has 2 aromatic carbocycles. The Hall–Kier alpha value is -2.37. The molecule has 1 N–H and O–H groups in total. The molecule has 5 nitrogen and oxygen atoms in total. The summed E-state index contributed by atoms with van der Waals surface area (Å²) in [5.74, 6) is 0.922. The SMILES string of the molecule is COc1cccc(CN2C[C@H]3C[C@@H](C(=O)NCc4ccccc4)[C@@H](C2)O3)c1. The fraction of sp³-hybridized carbons (Fsp3) is 0.409. The summed E-state index contributed by atoms with van der Waals surface area (Å²) in [5.41, 5.74) is 2.34. The largest absolute Gasteiger partial charge is 0.497 e. The Balaban J connectivity index is 1.33. The molecule has 0 aliphatic carbocycles. The number of rotatable bonds is 6. The second-order valence-electron chi connectivity index (χ2n) is 7.39. The first kappa shape index (κ1) is 18.0. The van der Waals surface area contributed by atoms with Crippen molar-refractivity contribution in [3.8, 4) is 5.75 Å². The highest BCUT2D eigenvalue weighted by Gasteiger charge is 2.44. The van der Waals surface area contributed by atoms with Crippen molar-refractivity contribution < 1.29 is 14.3 Å². The molecule has 0 unspecified atom stereocenters. The molecule has 0 saturated carbocycles. The topological polar surface area (TPSA) is 50.8 Å². The highest BCUT2D eigenvalue weighted by Crippen LogP contribution is 2.33. The third-order valence-electron chi connectivity index (χ3n) is 5.42. The molecule has 3 atom stereocenters. The molecule has 2 aliphatic heterocycles. The van der Waals surface area contributed by atoms with Crippen molar-refractivity contribution in [3.05, 3.63) is 65.7 Å². The van der Waals surface area contributed by atoms with Crippen molar-refractivity contribution in [3.63, 3.8) is 0 Å². The lowest BCUT2D eigenvalue weighted by molar-refractivity contribution is -0.128. The Morgan fingerprint density at radius 3 is 2.78 bits per heavy atom. The van der Waals surface area contributed by atoms with Crippen LogP contribution in [-0.2, 0) is 22.6 Å². The third kappa shape index (κ3) is 4.31. The molecule has 2 aromatic rings. The van der Waals surface area contributed by atoms with Gasteiger partial charge in [-0.1, -0.05) is 42.5 Å². The summed E-state index contributed by atoms with van der Waals surface area (Å²) < 4.78 is 11.4. The zero-order chi connectivity index (χ0) is 18.6. The number of benzene rings is 2. The van der Waals surface area contributed by atoms with Crippen LogP contribution in [0.2, 0.25) is 0 Å². The summed E-state index contributed by atoms with van der Waals surface area (Å²) in [6, 6.07) is 18.2. The van der Waals surface area contributed by atoms with E-state index in [1.54, 1.807) is 7.11 Å². The Bertz CT molecular complexity index is 780. The number of likely N-dealkylation sites (tertiary alicyclic amines) is 1. The van der Waals surface area contributed by atoms with Gasteiger partial charge < -0.3 is 14.8 Å². The molecular weight excluding hydrogens is 340 g/mol. The minimum absolute atomic E-state index is 0.0230. The minimum Gasteiger partial charge on any atom is -0.497 e. The molecule has 0 radical (unpaired) electrons. The zero-order valence-electron chi connectivity index (χ0n) is 15.6. The maximum Gasteiger partial charge on any atom is 0.226 e. The summed E-state index contributed by atoms with van der Waals surface area (Å²) in [4.78, 5) is 15.1. The van der Waals surface area contributed by atoms with E-state index in [0.717, 1.165) is 37.4 Å². The highest BCUT2D eigenvalue weighted by molar-refractivity contribution is 5.79. The lowest BCUT2D eigenvalue weighted by Gasteiger charge is -2.32. The van der Waals surface area contributed by atoms with Crippen molar-refractivity contribution in [2.75, 3.05) is 20.2 Å². The average molecular weight is 366 g/mol. The van der Waals surface area contributed by atoms with Crippen LogP contribution in [0.15, 0.2) is 54.6 Å². The number of methoxy groups -OCH3 is 1. The number of ether oxygens (including phenoxy) is 2. The Kier molecular flexibility index (Phi) is 5.41. The molecule has 142 valence electrons. The van der Waals surface area contributed by atoms with Gasteiger partial charge in [0.25, 0.3) is 0 Å². The van der Waals surface area contributed by atoms with E-state index in [2.05, 4.69) is 22.3 Å². The summed E-state index contributed by atoms with van der Waals surface area (Å²) in [5, 5.41) is 3.08. The van der Waals surface area contributed by atoms with Crippen molar-refractivity contribution in [2.45, 2.75) is 31.7 Å². The van der Waals surface area contributed by atoms with Gasteiger partial charge >= 0.3 is 0 Å². The molecule has 4 rings (SSSR count). The monoisotopic (exact) mass is 366 g/mol. The fourth-order valence-corrected chi connectivity index (χ4v) is 4.09. The number of morpholine rings is 1. The quantitative estimate of drug-likeness (QED) is 0.854. The second kappa shape index (κ2) is 8.11. The molecule has 2 heterocycles. The van der Waals surface area contributed by atoms with Crippen LogP contribution >= 0.6 is 0 Å². The molecule has 2 fully saturated rings. The molecule has 27 heavy (non-hydrogen) atoms. The number of hydrogen-bond donors (Lipinski definition) is 1. The van der Waals surface area contributed by atoms with Crippen LogP contribution in [0.1, 0.15) is 17.5 Å². The molecule has 2 bridgehead atoms. The first-order valence-electron chi connectivity index (χ1n) is 9.53. The van der Waals surface area contributed by atoms with Gasteiger partial charge in [0, 0.05) is 26.2 Å². The van der Waals surface area contributed by atoms with E-state index in [0.29, 0.717) is 6.54 Å². The molecular formula is C22H26N2O3. The molecule has 5 heteroatoms. The van der Waals surface area contributed by atoms with Gasteiger partial charge in [0.05, 0.1) is 25.2 Å². The van der Waals surface area contributed by atoms with Gasteiger partial charge in [-0.25, -0.2) is 0 Å². The average Bonchev–Trinajstić information content (AvgIpc) is 3.01. The van der Waals surface area contributed by atoms with Crippen molar-refractivity contribution in [2.24, 2.45) is 5.92 Å². The number of nitrogens with zero attached hydrogens (tertiary/aromatic N) is 1. The van der Waals surface area contributed by atoms with Crippen LogP contribution in [0, 0.1) is 5.92 Å². The number of hydrogen-bond acceptors (Lipinski definition) is 4. The highest BCUT2D eigenvalue weighted by atomic mass is 16.5. The van der Waals surface area contributed by atoms with Crippen LogP contribution in [0.5, 0.6) is 5.75 Å². The van der Waals surface area contributed by atoms with Crippen molar-refractivity contribution in [1.29, 1.82) is 0 Å². The fourth-order valence-electron chi connectivity index (χ4n) is 4.09. The standard InChI is InChI=1S/C22H26N2O3/c1-26-18-9-5-8-17(10-18)13-24-14-19-11-20(21(15-24)27-19)22(25)23-12-16-6-3-2-4-7-16/h2-10,19-21H,11-15H2,1H3,(H,23,25)/t19-,20-,21-/m1/s1. The maximum absolute atomic E-state index is 12.7. The van der Waals surface area contributed by atoms with Crippen LogP contribution < -0.4 is 10.1 Å². The number of amides is 1. The van der Waals surface area contributed by atoms with Gasteiger partial charge in [0.1, 0.15) is 5.75 Å². The van der Waals surface area contributed by atoms with E-state index in [-0.39, 0.29) is 24.0 Å². The van der Waals surface area contributed by atoms with Gasteiger partial charge in [-0.15, -0.1) is 0 Å². The molecule has 2 saturated heterocycles. The van der Waals surface area contributed by atoms with E-state index in [1.807, 2.05) is 42.5 Å². The number of nitrogens with one attached hydrogen (secondary N) is 1. The van der Waals surface area contributed by atoms with E-state index in [1.165, 1.54) is 5.56 Å². The van der Waals surface area contributed by atoms with Gasteiger partial charge in [0.2, 0.25) is 5.91 Å². The van der Waals surface area contributed by atoms with Crippen LogP contribution in [-0.4, -0.2) is 43.2 Å². The van der Waals surface area contributed by atoms with Gasteiger partial charge in [0.15, 0.2) is 0 Å². The Morgan fingerprint density at radius 1 is 1.15 bits per heavy atom. The van der Waals surface area contributed by atoms with E-state index < -0.39 is 0 Å². The predicted molar refractivity (Wildman–Crippen MR) is 103 cm³/mol. The smallest absolute Gasteiger partial charge is 0.226 e. The minimum atomic E-state index is -0.0611. The first-order valence-corrected chi connectivity index (χ1v) is 9.53. The van der Waals surface area contributed by atoms with E-state index in [9.17, 15) is 4.79 Å². The molecule has 1 amide bonds. The normalized spacial score (nSPS) is 24.6. The predicted octanol–water partition coefficient (Wildman–Crippen LogP) is 2.60.